The molecule has 0 radical (unpaired) electrons. The standard InChI is InChI=1S/C27H34O6/c1-18-22(31-5)15-20(16-23(18)32-6)11-10-19-12-13-21(17-28)24(14-19)33-26(30)9-7-8-25(29)27(2,3)4/h10-16,28H,7-9,17H2,1-6H3/b11-10-. The molecule has 6 nitrogen and oxygen atoms in total. The average Bonchev–Trinajstić information content (AvgIpc) is 2.77. The topological polar surface area (TPSA) is 82.1 Å². The lowest BCUT2D eigenvalue weighted by molar-refractivity contribution is -0.134. The molecule has 178 valence electrons. The molecular weight excluding hydrogens is 420 g/mol. The Kier molecular flexibility index (Phi) is 9.23. The second-order valence-corrected chi connectivity index (χ2v) is 8.91. The summed E-state index contributed by atoms with van der Waals surface area (Å²) in [5, 5.41) is 9.63. The van der Waals surface area contributed by atoms with Crippen LogP contribution >= 0.6 is 0 Å². The Balaban J connectivity index is 2.13. The number of esters is 1. The normalized spacial score (nSPS) is 11.5. The van der Waals surface area contributed by atoms with Crippen LogP contribution in [-0.4, -0.2) is 31.1 Å². The van der Waals surface area contributed by atoms with E-state index in [1.807, 2.05) is 58.0 Å². The molecule has 2 aromatic rings. The number of aliphatic hydroxyl groups excluding tert-OH is 1. The van der Waals surface area contributed by atoms with Crippen molar-refractivity contribution >= 4 is 23.9 Å². The molecule has 6 heteroatoms. The van der Waals surface area contributed by atoms with Crippen LogP contribution in [0.1, 0.15) is 62.3 Å². The predicted octanol–water partition coefficient (Wildman–Crippen LogP) is 5.37. The molecule has 0 heterocycles. The van der Waals surface area contributed by atoms with E-state index < -0.39 is 11.4 Å². The summed E-state index contributed by atoms with van der Waals surface area (Å²) in [4.78, 5) is 24.3. The van der Waals surface area contributed by atoms with Gasteiger partial charge in [0.25, 0.3) is 0 Å². The molecule has 0 aliphatic rings. The average molecular weight is 455 g/mol. The third kappa shape index (κ3) is 7.46. The molecular formula is C27H34O6. The highest BCUT2D eigenvalue weighted by Crippen LogP contribution is 2.30. The van der Waals surface area contributed by atoms with Gasteiger partial charge in [-0.15, -0.1) is 0 Å². The molecule has 0 aliphatic carbocycles. The van der Waals surface area contributed by atoms with Crippen LogP contribution in [0.15, 0.2) is 30.3 Å². The molecule has 1 N–H and O–H groups in total. The third-order valence-electron chi connectivity index (χ3n) is 5.35. The van der Waals surface area contributed by atoms with Gasteiger partial charge in [-0.1, -0.05) is 45.1 Å². The lowest BCUT2D eigenvalue weighted by atomic mass is 9.88. The Morgan fingerprint density at radius 1 is 0.909 bits per heavy atom. The van der Waals surface area contributed by atoms with E-state index in [1.54, 1.807) is 26.4 Å². The maximum atomic E-state index is 12.3. The van der Waals surface area contributed by atoms with E-state index in [9.17, 15) is 14.7 Å². The first kappa shape index (κ1) is 26.1. The molecule has 0 fully saturated rings. The van der Waals surface area contributed by atoms with Crippen molar-refractivity contribution in [3.8, 4) is 17.2 Å². The summed E-state index contributed by atoms with van der Waals surface area (Å²) in [5.41, 5.74) is 2.71. The van der Waals surface area contributed by atoms with Crippen LogP contribution in [0, 0.1) is 12.3 Å². The predicted molar refractivity (Wildman–Crippen MR) is 130 cm³/mol. The number of hydrogen-bond donors (Lipinski definition) is 1. The maximum Gasteiger partial charge on any atom is 0.311 e. The van der Waals surface area contributed by atoms with Gasteiger partial charge in [0.15, 0.2) is 0 Å². The molecule has 0 saturated heterocycles. The van der Waals surface area contributed by atoms with Crippen LogP contribution in [0.2, 0.25) is 0 Å². The molecule has 0 atom stereocenters. The summed E-state index contributed by atoms with van der Waals surface area (Å²) in [7, 11) is 3.23. The molecule has 2 rings (SSSR count). The van der Waals surface area contributed by atoms with Crippen molar-refractivity contribution in [2.75, 3.05) is 14.2 Å². The number of carbonyl (C=O) groups is 2. The maximum absolute atomic E-state index is 12.3. The summed E-state index contributed by atoms with van der Waals surface area (Å²) >= 11 is 0. The molecule has 33 heavy (non-hydrogen) atoms. The molecule has 0 saturated carbocycles. The second kappa shape index (κ2) is 11.7. The molecule has 2 aromatic carbocycles. The van der Waals surface area contributed by atoms with Gasteiger partial charge in [0.05, 0.1) is 20.8 Å². The molecule has 0 amide bonds. The number of carbonyl (C=O) groups excluding carboxylic acids is 2. The largest absolute Gasteiger partial charge is 0.496 e. The fourth-order valence-corrected chi connectivity index (χ4v) is 3.24. The zero-order valence-electron chi connectivity index (χ0n) is 20.4. The molecule has 0 aliphatic heterocycles. The summed E-state index contributed by atoms with van der Waals surface area (Å²) in [6, 6.07) is 9.10. The lowest BCUT2D eigenvalue weighted by Gasteiger charge is -2.16. The molecule has 0 spiro atoms. The quantitative estimate of drug-likeness (QED) is 0.295. The number of ketones is 1. The van der Waals surface area contributed by atoms with E-state index in [0.29, 0.717) is 24.2 Å². The van der Waals surface area contributed by atoms with Crippen LogP contribution < -0.4 is 14.2 Å². The van der Waals surface area contributed by atoms with Gasteiger partial charge in [-0.3, -0.25) is 9.59 Å². The zero-order chi connectivity index (χ0) is 24.6. The lowest BCUT2D eigenvalue weighted by Crippen LogP contribution is -2.20. The van der Waals surface area contributed by atoms with Crippen molar-refractivity contribution in [3.63, 3.8) is 0 Å². The minimum Gasteiger partial charge on any atom is -0.496 e. The van der Waals surface area contributed by atoms with Crippen molar-refractivity contribution in [2.24, 2.45) is 5.41 Å². The Hall–Kier alpha value is -3.12. The van der Waals surface area contributed by atoms with Crippen molar-refractivity contribution in [1.82, 2.24) is 0 Å². The number of benzene rings is 2. The summed E-state index contributed by atoms with van der Waals surface area (Å²) < 4.78 is 16.3. The smallest absolute Gasteiger partial charge is 0.311 e. The highest BCUT2D eigenvalue weighted by Gasteiger charge is 2.21. The van der Waals surface area contributed by atoms with E-state index in [0.717, 1.165) is 28.2 Å². The van der Waals surface area contributed by atoms with Gasteiger partial charge in [-0.05, 0) is 42.7 Å². The van der Waals surface area contributed by atoms with Crippen molar-refractivity contribution in [1.29, 1.82) is 0 Å². The Morgan fingerprint density at radius 3 is 2.03 bits per heavy atom. The van der Waals surface area contributed by atoms with E-state index in [-0.39, 0.29) is 18.8 Å². The van der Waals surface area contributed by atoms with Gasteiger partial charge < -0.3 is 19.3 Å². The Bertz CT molecular complexity index is 989. The number of ether oxygens (including phenoxy) is 3. The summed E-state index contributed by atoms with van der Waals surface area (Å²) in [6.07, 6.45) is 4.68. The van der Waals surface area contributed by atoms with Gasteiger partial charge in [0.1, 0.15) is 23.0 Å². The van der Waals surface area contributed by atoms with Gasteiger partial charge in [0, 0.05) is 29.4 Å². The Labute approximate surface area is 196 Å². The minimum absolute atomic E-state index is 0.114. The third-order valence-corrected chi connectivity index (χ3v) is 5.35. The van der Waals surface area contributed by atoms with E-state index >= 15 is 0 Å². The van der Waals surface area contributed by atoms with Gasteiger partial charge in [-0.2, -0.15) is 0 Å². The zero-order valence-corrected chi connectivity index (χ0v) is 20.4. The van der Waals surface area contributed by atoms with Crippen molar-refractivity contribution < 1.29 is 28.9 Å². The van der Waals surface area contributed by atoms with Crippen LogP contribution in [0.25, 0.3) is 12.2 Å². The van der Waals surface area contributed by atoms with Crippen LogP contribution in [-0.2, 0) is 16.2 Å². The molecule has 0 aromatic heterocycles. The first-order chi connectivity index (χ1) is 15.6. The van der Waals surface area contributed by atoms with Crippen molar-refractivity contribution in [3.05, 3.63) is 52.6 Å². The number of hydrogen-bond acceptors (Lipinski definition) is 6. The highest BCUT2D eigenvalue weighted by atomic mass is 16.5. The summed E-state index contributed by atoms with van der Waals surface area (Å²) in [5.74, 6) is 1.45. The fraction of sp³-hybridized carbons (Fsp3) is 0.407. The molecule has 0 bridgehead atoms. The summed E-state index contributed by atoms with van der Waals surface area (Å²) in [6.45, 7) is 7.27. The number of rotatable bonds is 10. The van der Waals surface area contributed by atoms with Crippen LogP contribution in [0.3, 0.4) is 0 Å². The SMILES string of the molecule is COc1cc(/C=C\c2ccc(CO)c(OC(=O)CCCC(=O)C(C)(C)C)c2)cc(OC)c1C. The van der Waals surface area contributed by atoms with E-state index in [1.165, 1.54) is 0 Å². The number of methoxy groups -OCH3 is 2. The van der Waals surface area contributed by atoms with Crippen LogP contribution in [0.4, 0.5) is 0 Å². The first-order valence-corrected chi connectivity index (χ1v) is 11.0. The van der Waals surface area contributed by atoms with Crippen LogP contribution in [0.5, 0.6) is 17.2 Å². The fourth-order valence-electron chi connectivity index (χ4n) is 3.24. The monoisotopic (exact) mass is 454 g/mol. The minimum atomic E-state index is -0.430. The first-order valence-electron chi connectivity index (χ1n) is 11.0. The van der Waals surface area contributed by atoms with Crippen molar-refractivity contribution in [2.45, 2.75) is 53.6 Å². The molecule has 0 unspecified atom stereocenters. The second-order valence-electron chi connectivity index (χ2n) is 8.91. The number of aliphatic hydroxyl groups is 1. The van der Waals surface area contributed by atoms with Gasteiger partial charge >= 0.3 is 5.97 Å². The van der Waals surface area contributed by atoms with E-state index in [4.69, 9.17) is 14.2 Å². The van der Waals surface area contributed by atoms with E-state index in [2.05, 4.69) is 0 Å². The Morgan fingerprint density at radius 2 is 1.48 bits per heavy atom. The van der Waals surface area contributed by atoms with Gasteiger partial charge in [0.2, 0.25) is 0 Å². The highest BCUT2D eigenvalue weighted by molar-refractivity contribution is 5.84. The van der Waals surface area contributed by atoms with Gasteiger partial charge in [-0.25, -0.2) is 0 Å². The number of Topliss-reactive ketones (excluding diaryl/α,β-unsaturated/α-hetero) is 1.